The molecule has 0 saturated heterocycles. The zero-order valence-corrected chi connectivity index (χ0v) is 18.4. The van der Waals surface area contributed by atoms with E-state index in [-0.39, 0.29) is 77.6 Å². The van der Waals surface area contributed by atoms with Crippen LogP contribution in [0.2, 0.25) is 0 Å². The first-order valence-corrected chi connectivity index (χ1v) is 6.94. The summed E-state index contributed by atoms with van der Waals surface area (Å²) in [6.45, 7) is 1.81. The van der Waals surface area contributed by atoms with E-state index in [1.54, 1.807) is 0 Å². The van der Waals surface area contributed by atoms with E-state index < -0.39 is 35.6 Å². The van der Waals surface area contributed by atoms with Crippen LogP contribution < -0.4 is 56.7 Å². The Morgan fingerprint density at radius 1 is 1.00 bits per heavy atom. The predicted octanol–water partition coefficient (Wildman–Crippen LogP) is -1.85. The number of methoxy groups -OCH3 is 2. The first-order valence-electron chi connectivity index (χ1n) is 6.94. The average molecular weight is 369 g/mol. The van der Waals surface area contributed by atoms with Crippen molar-refractivity contribution >= 4 is 23.8 Å². The summed E-state index contributed by atoms with van der Waals surface area (Å²) in [6.07, 6.45) is 0.713. The molecule has 0 bridgehead atoms. The van der Waals surface area contributed by atoms with Gasteiger partial charge in [0.1, 0.15) is 5.92 Å². The van der Waals surface area contributed by atoms with Crippen LogP contribution >= 0.6 is 0 Å². The zero-order valence-electron chi connectivity index (χ0n) is 15.3. The second-order valence-electron chi connectivity index (χ2n) is 4.88. The SMILES string of the molecule is CC[C@@H](CC(C([NH-])=O)C(=O)OC)CC(C(=O)NC)C(=O)OC.[CH3-].[K+]. The van der Waals surface area contributed by atoms with Crippen molar-refractivity contribution < 1.29 is 80.0 Å². The van der Waals surface area contributed by atoms with Crippen LogP contribution in [0.25, 0.3) is 5.73 Å². The van der Waals surface area contributed by atoms with Crippen molar-refractivity contribution in [3.8, 4) is 0 Å². The molecule has 9 heteroatoms. The van der Waals surface area contributed by atoms with Gasteiger partial charge in [-0.05, 0) is 18.8 Å². The van der Waals surface area contributed by atoms with Crippen molar-refractivity contribution in [2.45, 2.75) is 26.2 Å². The summed E-state index contributed by atoms with van der Waals surface area (Å²) in [5.74, 6) is -5.49. The molecule has 2 unspecified atom stereocenters. The number of esters is 2. The molecule has 134 valence electrons. The number of rotatable bonds is 9. The van der Waals surface area contributed by atoms with E-state index in [4.69, 9.17) is 5.73 Å². The molecule has 0 rings (SSSR count). The van der Waals surface area contributed by atoms with E-state index >= 15 is 0 Å². The van der Waals surface area contributed by atoms with Crippen molar-refractivity contribution in [3.63, 3.8) is 0 Å². The van der Waals surface area contributed by atoms with Gasteiger partial charge in [-0.2, -0.15) is 0 Å². The van der Waals surface area contributed by atoms with E-state index in [9.17, 15) is 19.2 Å². The minimum atomic E-state index is -1.21. The van der Waals surface area contributed by atoms with E-state index in [0.717, 1.165) is 7.11 Å². The van der Waals surface area contributed by atoms with Gasteiger partial charge in [0.15, 0.2) is 0 Å². The number of amides is 2. The first-order chi connectivity index (χ1) is 10.3. The summed E-state index contributed by atoms with van der Waals surface area (Å²) in [6, 6.07) is 0. The molecular formula is C15H26KN2O6-. The standard InChI is InChI=1S/C14H24N2O6.CH3.K/c1-5-8(6-9(11(15)17)13(19)21-3)7-10(12(18)16-2)14(20)22-4;;/h8-10H,5-7H2,1-4H3,(H3,15,16,17,18);1H3;/q;-1;+1/p-1/t8-,9?,10?;;/m0../s1. The van der Waals surface area contributed by atoms with Crippen LogP contribution in [0, 0.1) is 25.2 Å². The zero-order chi connectivity index (χ0) is 17.3. The molecule has 3 atom stereocenters. The molecule has 24 heavy (non-hydrogen) atoms. The Labute approximate surface area is 186 Å². The second-order valence-corrected chi connectivity index (χ2v) is 4.88. The number of hydrogen-bond donors (Lipinski definition) is 1. The molecule has 0 radical (unpaired) electrons. The van der Waals surface area contributed by atoms with Gasteiger partial charge < -0.3 is 32.7 Å². The molecule has 0 aromatic carbocycles. The van der Waals surface area contributed by atoms with Crippen molar-refractivity contribution in [2.75, 3.05) is 21.3 Å². The van der Waals surface area contributed by atoms with Crippen molar-refractivity contribution in [1.29, 1.82) is 0 Å². The molecule has 0 aliphatic rings. The van der Waals surface area contributed by atoms with E-state index in [0.29, 0.717) is 6.42 Å². The molecule has 0 aliphatic heterocycles. The van der Waals surface area contributed by atoms with Gasteiger partial charge in [-0.3, -0.25) is 14.4 Å². The molecule has 8 nitrogen and oxygen atoms in total. The summed E-state index contributed by atoms with van der Waals surface area (Å²) in [5.41, 5.74) is 7.15. The minimum Gasteiger partial charge on any atom is -0.667 e. The molecule has 0 aliphatic carbocycles. The number of carbonyl (C=O) groups is 4. The van der Waals surface area contributed by atoms with Gasteiger partial charge in [0.25, 0.3) is 0 Å². The maximum absolute atomic E-state index is 11.8. The summed E-state index contributed by atoms with van der Waals surface area (Å²) < 4.78 is 9.12. The van der Waals surface area contributed by atoms with Crippen molar-refractivity contribution in [2.24, 2.45) is 17.8 Å². The second kappa shape index (κ2) is 14.8. The third-order valence-electron chi connectivity index (χ3n) is 3.57. The molecule has 0 saturated carbocycles. The Balaban J connectivity index is -0.00000220. The third-order valence-corrected chi connectivity index (χ3v) is 3.57. The molecule has 2 amide bonds. The van der Waals surface area contributed by atoms with Gasteiger partial charge in [-0.25, -0.2) is 0 Å². The van der Waals surface area contributed by atoms with Crippen LogP contribution in [0.4, 0.5) is 0 Å². The summed E-state index contributed by atoms with van der Waals surface area (Å²) >= 11 is 0. The Bertz CT molecular complexity index is 414. The van der Waals surface area contributed by atoms with Crippen molar-refractivity contribution in [1.82, 2.24) is 5.32 Å². The molecule has 2 N–H and O–H groups in total. The molecule has 0 aromatic rings. The van der Waals surface area contributed by atoms with Crippen LogP contribution in [-0.2, 0) is 28.7 Å². The average Bonchev–Trinajstić information content (AvgIpc) is 2.52. The summed E-state index contributed by atoms with van der Waals surface area (Å²) in [4.78, 5) is 46.3. The molecule has 0 fully saturated rings. The van der Waals surface area contributed by atoms with Crippen LogP contribution in [0.1, 0.15) is 26.2 Å². The largest absolute Gasteiger partial charge is 1.00 e. The summed E-state index contributed by atoms with van der Waals surface area (Å²) in [5, 5.41) is 2.38. The molecule has 0 spiro atoms. The van der Waals surface area contributed by atoms with E-state index in [2.05, 4.69) is 14.8 Å². The van der Waals surface area contributed by atoms with Crippen LogP contribution in [0.3, 0.4) is 0 Å². The fourth-order valence-electron chi connectivity index (χ4n) is 2.18. The Hall–Kier alpha value is -0.484. The van der Waals surface area contributed by atoms with E-state index in [1.807, 2.05) is 6.92 Å². The quantitative estimate of drug-likeness (QED) is 0.220. The van der Waals surface area contributed by atoms with Crippen molar-refractivity contribution in [3.05, 3.63) is 13.2 Å². The predicted molar refractivity (Wildman–Crippen MR) is 83.8 cm³/mol. The Morgan fingerprint density at radius 2 is 1.42 bits per heavy atom. The number of hydrogen-bond acceptors (Lipinski definition) is 6. The fourth-order valence-corrected chi connectivity index (χ4v) is 2.18. The van der Waals surface area contributed by atoms with Gasteiger partial charge in [0.2, 0.25) is 5.91 Å². The Morgan fingerprint density at radius 3 is 1.75 bits per heavy atom. The maximum atomic E-state index is 11.8. The van der Waals surface area contributed by atoms with Gasteiger partial charge in [-0.15, -0.1) is 0 Å². The smallest absolute Gasteiger partial charge is 0.667 e. The summed E-state index contributed by atoms with van der Waals surface area (Å²) in [7, 11) is 3.73. The topological polar surface area (TPSA) is 123 Å². The number of nitrogens with one attached hydrogen (secondary N) is 2. The number of carbonyl (C=O) groups excluding carboxylic acids is 4. The molecular weight excluding hydrogens is 343 g/mol. The molecule has 0 aromatic heterocycles. The first kappa shape index (κ1) is 28.3. The van der Waals surface area contributed by atoms with Crippen LogP contribution in [0.5, 0.6) is 0 Å². The maximum Gasteiger partial charge on any atom is 1.00 e. The Kier molecular flexibility index (Phi) is 17.5. The fraction of sp³-hybridized carbons (Fsp3) is 0.667. The van der Waals surface area contributed by atoms with Gasteiger partial charge in [0.05, 0.1) is 26.0 Å². The van der Waals surface area contributed by atoms with Crippen LogP contribution in [0.15, 0.2) is 0 Å². The van der Waals surface area contributed by atoms with Crippen LogP contribution in [-0.4, -0.2) is 45.0 Å². The van der Waals surface area contributed by atoms with Gasteiger partial charge in [0, 0.05) is 7.05 Å². The van der Waals surface area contributed by atoms with E-state index in [1.165, 1.54) is 14.2 Å². The number of ether oxygens (including phenoxy) is 2. The van der Waals surface area contributed by atoms with Gasteiger partial charge >= 0.3 is 63.3 Å². The van der Waals surface area contributed by atoms with Gasteiger partial charge in [-0.1, -0.05) is 13.3 Å². The normalized spacial score (nSPS) is 13.2. The minimum absolute atomic E-state index is 0. The molecule has 0 heterocycles. The third kappa shape index (κ3) is 9.12. The monoisotopic (exact) mass is 369 g/mol.